The fourth-order valence-electron chi connectivity index (χ4n) is 3.50. The van der Waals surface area contributed by atoms with Crippen molar-refractivity contribution in [3.63, 3.8) is 0 Å². The molecule has 0 aliphatic heterocycles. The zero-order valence-electron chi connectivity index (χ0n) is 13.1. The first-order valence-corrected chi connectivity index (χ1v) is 8.62. The van der Waals surface area contributed by atoms with E-state index >= 15 is 0 Å². The summed E-state index contributed by atoms with van der Waals surface area (Å²) in [6, 6.07) is 0. The van der Waals surface area contributed by atoms with Gasteiger partial charge in [-0.3, -0.25) is 9.59 Å². The van der Waals surface area contributed by atoms with Crippen molar-refractivity contribution < 1.29 is 9.59 Å². The van der Waals surface area contributed by atoms with Crippen LogP contribution in [0.4, 0.5) is 5.00 Å². The van der Waals surface area contributed by atoms with Gasteiger partial charge >= 0.3 is 0 Å². The minimum Gasteiger partial charge on any atom is -0.365 e. The average Bonchev–Trinajstić information content (AvgIpc) is 2.73. The molecule has 0 spiro atoms. The molecule has 1 aromatic heterocycles. The number of fused-ring (bicyclic) bond motifs is 1. The lowest BCUT2D eigenvalue weighted by atomic mass is 9.81. The van der Waals surface area contributed by atoms with Crippen LogP contribution in [0.25, 0.3) is 0 Å². The molecule has 0 saturated carbocycles. The maximum Gasteiger partial charge on any atom is 0.251 e. The molecule has 3 N–H and O–H groups in total. The number of thiophene rings is 1. The van der Waals surface area contributed by atoms with Crippen molar-refractivity contribution >= 4 is 28.0 Å². The van der Waals surface area contributed by atoms with Gasteiger partial charge in [-0.05, 0) is 36.7 Å². The van der Waals surface area contributed by atoms with Crippen LogP contribution in [0.5, 0.6) is 0 Å². The fourth-order valence-corrected chi connectivity index (χ4v) is 4.83. The molecule has 118 valence electrons. The van der Waals surface area contributed by atoms with E-state index in [2.05, 4.69) is 25.2 Å². The van der Waals surface area contributed by atoms with E-state index in [1.165, 1.54) is 11.3 Å². The highest BCUT2D eigenvalue weighted by atomic mass is 32.1. The van der Waals surface area contributed by atoms with Gasteiger partial charge in [0.05, 0.1) is 5.56 Å². The lowest BCUT2D eigenvalue weighted by Gasteiger charge is -2.27. The molecule has 0 unspecified atom stereocenters. The van der Waals surface area contributed by atoms with E-state index < -0.39 is 0 Å². The van der Waals surface area contributed by atoms with E-state index in [1.54, 1.807) is 11.3 Å². The third-order valence-electron chi connectivity index (χ3n) is 4.30. The zero-order valence-corrected chi connectivity index (χ0v) is 13.9. The second kappa shape index (κ2) is 5.54. The van der Waals surface area contributed by atoms with Crippen LogP contribution in [0.2, 0.25) is 0 Å². The van der Waals surface area contributed by atoms with Crippen molar-refractivity contribution in [2.75, 3.05) is 5.32 Å². The van der Waals surface area contributed by atoms with Crippen LogP contribution in [0.15, 0.2) is 11.8 Å². The van der Waals surface area contributed by atoms with Crippen LogP contribution in [-0.2, 0) is 17.6 Å². The number of amides is 1. The molecule has 2 aliphatic rings. The Bertz CT molecular complexity index is 670. The summed E-state index contributed by atoms with van der Waals surface area (Å²) in [5, 5.41) is 4.15. The largest absolute Gasteiger partial charge is 0.365 e. The maximum absolute atomic E-state index is 11.9. The molecule has 0 aromatic carbocycles. The van der Waals surface area contributed by atoms with Crippen molar-refractivity contribution in [1.82, 2.24) is 0 Å². The predicted molar refractivity (Wildman–Crippen MR) is 89.2 cm³/mol. The summed E-state index contributed by atoms with van der Waals surface area (Å²) >= 11 is 1.62. The Morgan fingerprint density at radius 1 is 1.32 bits per heavy atom. The Balaban J connectivity index is 1.95. The first kappa shape index (κ1) is 15.3. The summed E-state index contributed by atoms with van der Waals surface area (Å²) in [4.78, 5) is 25.1. The Hall–Kier alpha value is -1.62. The lowest BCUT2D eigenvalue weighted by Crippen LogP contribution is -2.24. The van der Waals surface area contributed by atoms with Crippen molar-refractivity contribution in [3.8, 4) is 0 Å². The van der Waals surface area contributed by atoms with Gasteiger partial charge < -0.3 is 11.1 Å². The van der Waals surface area contributed by atoms with Crippen molar-refractivity contribution in [3.05, 3.63) is 27.8 Å². The summed E-state index contributed by atoms with van der Waals surface area (Å²) in [7, 11) is 0. The number of hydrogen-bond donors (Lipinski definition) is 2. The predicted octanol–water partition coefficient (Wildman–Crippen LogP) is 3.41. The van der Waals surface area contributed by atoms with E-state index in [0.29, 0.717) is 18.4 Å². The van der Waals surface area contributed by atoms with Gasteiger partial charge in [0.1, 0.15) is 10.8 Å². The number of carbonyl (C=O) groups is 2. The summed E-state index contributed by atoms with van der Waals surface area (Å²) in [5.74, 6) is -0.138. The molecule has 1 amide bonds. The van der Waals surface area contributed by atoms with Gasteiger partial charge in [0.2, 0.25) is 0 Å². The van der Waals surface area contributed by atoms with Crippen LogP contribution in [0, 0.1) is 5.41 Å². The highest BCUT2D eigenvalue weighted by Gasteiger charge is 2.28. The molecule has 0 bridgehead atoms. The second-order valence-electron chi connectivity index (χ2n) is 6.95. The Labute approximate surface area is 134 Å². The number of ketones is 1. The monoisotopic (exact) mass is 318 g/mol. The van der Waals surface area contributed by atoms with Gasteiger partial charge in [-0.25, -0.2) is 0 Å². The number of hydrogen-bond acceptors (Lipinski definition) is 4. The highest BCUT2D eigenvalue weighted by molar-refractivity contribution is 7.16. The lowest BCUT2D eigenvalue weighted by molar-refractivity contribution is -0.120. The van der Waals surface area contributed by atoms with Gasteiger partial charge in [0, 0.05) is 23.4 Å². The van der Waals surface area contributed by atoms with Crippen molar-refractivity contribution in [2.45, 2.75) is 52.4 Å². The molecule has 2 aliphatic carbocycles. The molecule has 4 nitrogen and oxygen atoms in total. The minimum atomic E-state index is -0.371. The average molecular weight is 318 g/mol. The van der Waals surface area contributed by atoms with Crippen molar-refractivity contribution in [1.29, 1.82) is 0 Å². The smallest absolute Gasteiger partial charge is 0.251 e. The third-order valence-corrected chi connectivity index (χ3v) is 5.50. The molecule has 3 rings (SSSR count). The highest BCUT2D eigenvalue weighted by Crippen LogP contribution is 2.40. The standard InChI is InChI=1S/C17H22N2O2S/c1-17(2)8-10(7-11(20)9-17)19-16-14(15(18)21)12-5-3-4-6-13(12)22-16/h8,19H,3-7,9H2,1-2H3,(H2,18,21). The van der Waals surface area contributed by atoms with Crippen LogP contribution in [-0.4, -0.2) is 11.7 Å². The van der Waals surface area contributed by atoms with E-state index in [0.717, 1.165) is 35.5 Å². The molecule has 1 heterocycles. The molecule has 0 fully saturated rings. The summed E-state index contributed by atoms with van der Waals surface area (Å²) in [5.41, 5.74) is 8.12. The van der Waals surface area contributed by atoms with E-state index in [-0.39, 0.29) is 17.1 Å². The van der Waals surface area contributed by atoms with E-state index in [4.69, 9.17) is 5.73 Å². The molecule has 0 radical (unpaired) electrons. The minimum absolute atomic E-state index is 0.137. The molecule has 1 aromatic rings. The summed E-state index contributed by atoms with van der Waals surface area (Å²) in [6.45, 7) is 4.11. The number of primary amides is 1. The Kier molecular flexibility index (Phi) is 3.85. The van der Waals surface area contributed by atoms with Crippen LogP contribution in [0.3, 0.4) is 0 Å². The number of Topliss-reactive ketones (excluding diaryl/α,β-unsaturated/α-hetero) is 1. The molecular formula is C17H22N2O2S. The van der Waals surface area contributed by atoms with Crippen molar-refractivity contribution in [2.24, 2.45) is 11.1 Å². The molecule has 0 atom stereocenters. The van der Waals surface area contributed by atoms with E-state index in [9.17, 15) is 9.59 Å². The number of nitrogens with two attached hydrogens (primary N) is 1. The number of anilines is 1. The number of rotatable bonds is 3. The zero-order chi connectivity index (χ0) is 15.9. The fraction of sp³-hybridized carbons (Fsp3) is 0.529. The van der Waals surface area contributed by atoms with Gasteiger partial charge in [-0.15, -0.1) is 11.3 Å². The number of nitrogens with one attached hydrogen (secondary N) is 1. The second-order valence-corrected chi connectivity index (χ2v) is 8.06. The number of aryl methyl sites for hydroxylation is 1. The quantitative estimate of drug-likeness (QED) is 0.897. The molecule has 0 saturated heterocycles. The number of allylic oxidation sites excluding steroid dienone is 2. The molecule has 5 heteroatoms. The molecular weight excluding hydrogens is 296 g/mol. The van der Waals surface area contributed by atoms with Crippen LogP contribution >= 0.6 is 11.3 Å². The maximum atomic E-state index is 11.9. The first-order chi connectivity index (χ1) is 10.4. The van der Waals surface area contributed by atoms with Gasteiger partial charge in [0.25, 0.3) is 5.91 Å². The topological polar surface area (TPSA) is 72.2 Å². The third kappa shape index (κ3) is 2.95. The number of carbonyl (C=O) groups excluding carboxylic acids is 2. The SMILES string of the molecule is CC1(C)C=C(Nc2sc3c(c2C(N)=O)CCCC3)CC(=O)C1. The summed E-state index contributed by atoms with van der Waals surface area (Å²) in [6.07, 6.45) is 7.31. The normalized spacial score (nSPS) is 20.3. The Morgan fingerprint density at radius 3 is 2.73 bits per heavy atom. The van der Waals surface area contributed by atoms with Crippen LogP contribution < -0.4 is 11.1 Å². The van der Waals surface area contributed by atoms with E-state index in [1.807, 2.05) is 0 Å². The molecule has 22 heavy (non-hydrogen) atoms. The van der Waals surface area contributed by atoms with Crippen LogP contribution in [0.1, 0.15) is 60.3 Å². The Morgan fingerprint density at radius 2 is 2.05 bits per heavy atom. The van der Waals surface area contributed by atoms with Gasteiger partial charge in [0.15, 0.2) is 0 Å². The van der Waals surface area contributed by atoms with Gasteiger partial charge in [-0.1, -0.05) is 19.9 Å². The van der Waals surface area contributed by atoms with Gasteiger partial charge in [-0.2, -0.15) is 0 Å². The first-order valence-electron chi connectivity index (χ1n) is 7.80. The summed E-state index contributed by atoms with van der Waals surface area (Å²) < 4.78 is 0.